The van der Waals surface area contributed by atoms with Crippen molar-refractivity contribution >= 4 is 0 Å². The van der Waals surface area contributed by atoms with E-state index in [1.165, 1.54) is 243 Å². The van der Waals surface area contributed by atoms with E-state index in [4.69, 9.17) is 0 Å². The molecule has 0 spiro atoms. The van der Waals surface area contributed by atoms with Crippen LogP contribution in [0.25, 0.3) is 44.5 Å². The Kier molecular flexibility index (Phi) is 35.1. The summed E-state index contributed by atoms with van der Waals surface area (Å²) >= 11 is 0. The summed E-state index contributed by atoms with van der Waals surface area (Å²) in [6, 6.07) is 26.5. The minimum absolute atomic E-state index is 0.0156. The second kappa shape index (κ2) is 45.9. The highest BCUT2D eigenvalue weighted by Crippen LogP contribution is 2.51. The fourth-order valence-corrected chi connectivity index (χ4v) is 24.1. The van der Waals surface area contributed by atoms with E-state index in [0.29, 0.717) is 23.7 Å². The summed E-state index contributed by atoms with van der Waals surface area (Å²) in [6.45, 7) is 9.11. The molecule has 0 bridgehead atoms. The van der Waals surface area contributed by atoms with E-state index in [9.17, 15) is 70.2 Å². The number of unbranched alkanes of at least 4 members (excludes halogenated alkanes) is 3. The monoisotopic (exact) mass is 1760 g/mol. The van der Waals surface area contributed by atoms with Crippen LogP contribution in [0.4, 0.5) is 70.2 Å². The highest BCUT2D eigenvalue weighted by molar-refractivity contribution is 5.68. The van der Waals surface area contributed by atoms with Gasteiger partial charge in [0.1, 0.15) is 23.3 Å². The van der Waals surface area contributed by atoms with Crippen LogP contribution in [-0.4, -0.2) is 0 Å². The Hall–Kier alpha value is -7.36. The van der Waals surface area contributed by atoms with Crippen LogP contribution < -0.4 is 0 Å². The summed E-state index contributed by atoms with van der Waals surface area (Å²) < 4.78 is 220. The van der Waals surface area contributed by atoms with Crippen LogP contribution in [-0.2, 0) is 0 Å². The molecule has 0 aromatic heterocycles. The molecule has 8 saturated carbocycles. The van der Waals surface area contributed by atoms with Crippen LogP contribution in [0, 0.1) is 164 Å². The molecule has 0 radical (unpaired) electrons. The molecule has 0 saturated heterocycles. The zero-order chi connectivity index (χ0) is 89.2. The van der Waals surface area contributed by atoms with Crippen molar-refractivity contribution in [3.63, 3.8) is 0 Å². The minimum Gasteiger partial charge on any atom is -0.206 e. The Balaban J connectivity index is 0.000000144. The standard InChI is InChI=1S/C29H36F4.C28H34F4.C27H32F4.C26H30F4/c1-2-3-4-5-19-6-8-20(9-7-19)21-10-12-22(13-11-21)23-14-15-25(26(30)16-23)24-17-27(31)29(33)28(32)18-24;1-2-3-4-18-5-7-19(8-6-18)20-9-11-21(12-10-20)22-13-14-24(25(29)15-22)23-16-26(30)28(32)27(31)17-23;1-2-3-17-4-6-18(7-5-17)19-8-10-20(11-9-19)21-12-13-23(24(28)14-21)22-15-25(29)27(31)26(30)16-22;1-2-16-3-5-17(6-4-16)18-7-9-19(10-8-18)20-11-12-22(23(27)13-20)21-14-24(28)26(30)25(29)15-21/h14-22H,2-13H2,1H3;13-21H,2-12H2,1H3;12-20H,2-11H2,1H3;11-19H,2-10H2,1H3. The molecule has 0 atom stereocenters. The molecule has 0 N–H and O–H groups in total. The topological polar surface area (TPSA) is 0 Å². The van der Waals surface area contributed by atoms with E-state index < -0.39 is 93.1 Å². The smallest absolute Gasteiger partial charge is 0.194 e. The SMILES string of the molecule is CCC1CCC(C2CCC(c3ccc(-c4cc(F)c(F)c(F)c4)c(F)c3)CC2)CC1.CCCC1CCC(C2CCC(c3ccc(-c4cc(F)c(F)c(F)c4)c(F)c3)CC2)CC1.CCCCC1CCC(C2CCC(c3ccc(-c4cc(F)c(F)c(F)c4)c(F)c3)CC2)CC1.CCCCCC1CCC(C2CCC(c3ccc(-c4cc(F)c(F)c(F)c4)c(F)c3)CC2)CC1. The molecule has 16 rings (SSSR count). The number of hydrogen-bond donors (Lipinski definition) is 0. The molecule has 0 amide bonds. The van der Waals surface area contributed by atoms with Gasteiger partial charge in [-0.25, -0.2) is 70.2 Å². The first-order chi connectivity index (χ1) is 60.8. The van der Waals surface area contributed by atoms with Crippen molar-refractivity contribution in [1.82, 2.24) is 0 Å². The third-order valence-corrected chi connectivity index (χ3v) is 31.8. The summed E-state index contributed by atoms with van der Waals surface area (Å²) in [4.78, 5) is 0. The molecule has 8 fully saturated rings. The largest absolute Gasteiger partial charge is 0.206 e. The summed E-state index contributed by atoms with van der Waals surface area (Å²) in [6.07, 6.45) is 53.7. The van der Waals surface area contributed by atoms with Crippen molar-refractivity contribution in [1.29, 1.82) is 0 Å². The van der Waals surface area contributed by atoms with Gasteiger partial charge in [0.05, 0.1) is 0 Å². The lowest BCUT2D eigenvalue weighted by Gasteiger charge is -2.38. The van der Waals surface area contributed by atoms with Gasteiger partial charge in [0.25, 0.3) is 0 Å². The van der Waals surface area contributed by atoms with Gasteiger partial charge in [-0.2, -0.15) is 0 Å². The van der Waals surface area contributed by atoms with Crippen molar-refractivity contribution in [3.05, 3.63) is 237 Å². The number of benzene rings is 8. The van der Waals surface area contributed by atoms with Gasteiger partial charge in [-0.3, -0.25) is 0 Å². The van der Waals surface area contributed by atoms with E-state index in [1.807, 2.05) is 24.3 Å². The molecule has 0 unspecified atom stereocenters. The Labute approximate surface area is 739 Å². The quantitative estimate of drug-likeness (QED) is 0.0360. The van der Waals surface area contributed by atoms with Gasteiger partial charge in [-0.15, -0.1) is 0 Å². The molecular formula is C110H132F16. The van der Waals surface area contributed by atoms with Gasteiger partial charge in [-0.1, -0.05) is 192 Å². The zero-order valence-electron chi connectivity index (χ0n) is 74.5. The maximum atomic E-state index is 14.8. The lowest BCUT2D eigenvalue weighted by molar-refractivity contribution is 0.155. The van der Waals surface area contributed by atoms with E-state index in [-0.39, 0.29) is 44.5 Å². The van der Waals surface area contributed by atoms with Crippen LogP contribution in [0.1, 0.15) is 343 Å². The van der Waals surface area contributed by atoms with Crippen LogP contribution in [0.5, 0.6) is 0 Å². The summed E-state index contributed by atoms with van der Waals surface area (Å²) in [5.41, 5.74) is 4.27. The molecule has 16 heteroatoms. The van der Waals surface area contributed by atoms with E-state index in [2.05, 4.69) is 27.7 Å². The van der Waals surface area contributed by atoms with Crippen molar-refractivity contribution < 1.29 is 70.2 Å². The molecule has 684 valence electrons. The fraction of sp³-hybridized carbons (Fsp3) is 0.564. The van der Waals surface area contributed by atoms with Crippen molar-refractivity contribution in [2.45, 2.75) is 321 Å². The van der Waals surface area contributed by atoms with Gasteiger partial charge in [0, 0.05) is 22.3 Å². The molecule has 8 aromatic rings. The highest BCUT2D eigenvalue weighted by Gasteiger charge is 2.37. The predicted molar refractivity (Wildman–Crippen MR) is 476 cm³/mol. The third kappa shape index (κ3) is 24.8. The molecule has 8 aliphatic carbocycles. The Morgan fingerprint density at radius 3 is 0.587 bits per heavy atom. The maximum Gasteiger partial charge on any atom is 0.194 e. The normalized spacial score (nSPS) is 26.5. The summed E-state index contributed by atoms with van der Waals surface area (Å²) in [7, 11) is 0. The van der Waals surface area contributed by atoms with E-state index >= 15 is 0 Å². The zero-order valence-corrected chi connectivity index (χ0v) is 74.5. The van der Waals surface area contributed by atoms with E-state index in [1.54, 1.807) is 24.3 Å². The summed E-state index contributed by atoms with van der Waals surface area (Å²) in [5, 5.41) is 0. The van der Waals surface area contributed by atoms with Gasteiger partial charge >= 0.3 is 0 Å². The van der Waals surface area contributed by atoms with Crippen molar-refractivity contribution in [3.8, 4) is 44.5 Å². The average molecular weight is 1760 g/mol. The lowest BCUT2D eigenvalue weighted by atomic mass is 9.68. The second-order valence-corrected chi connectivity index (χ2v) is 39.4. The first-order valence-electron chi connectivity index (χ1n) is 48.6. The van der Waals surface area contributed by atoms with Crippen LogP contribution >= 0.6 is 0 Å². The Morgan fingerprint density at radius 1 is 0.190 bits per heavy atom. The van der Waals surface area contributed by atoms with Crippen molar-refractivity contribution in [2.75, 3.05) is 0 Å². The molecule has 0 aliphatic heterocycles. The fourth-order valence-electron chi connectivity index (χ4n) is 24.1. The molecule has 0 nitrogen and oxygen atoms in total. The van der Waals surface area contributed by atoms with Crippen molar-refractivity contribution in [2.24, 2.45) is 71.0 Å². The molecule has 8 aliphatic rings. The van der Waals surface area contributed by atoms with Crippen LogP contribution in [0.3, 0.4) is 0 Å². The number of hydrogen-bond acceptors (Lipinski definition) is 0. The summed E-state index contributed by atoms with van der Waals surface area (Å²) in [5.74, 6) is -6.94. The molecule has 126 heavy (non-hydrogen) atoms. The number of rotatable bonds is 22. The van der Waals surface area contributed by atoms with E-state index in [0.717, 1.165) is 193 Å². The highest BCUT2D eigenvalue weighted by atomic mass is 19.2. The maximum absolute atomic E-state index is 14.8. The average Bonchev–Trinajstić information content (AvgIpc) is 0.807. The molecule has 0 heterocycles. The second-order valence-electron chi connectivity index (χ2n) is 39.4. The minimum atomic E-state index is -1.53. The van der Waals surface area contributed by atoms with Crippen LogP contribution in [0.2, 0.25) is 0 Å². The Morgan fingerprint density at radius 2 is 0.389 bits per heavy atom. The Bertz CT molecular complexity index is 4700. The first-order valence-corrected chi connectivity index (χ1v) is 48.6. The third-order valence-electron chi connectivity index (χ3n) is 31.8. The first kappa shape index (κ1) is 96.2. The number of halogens is 16. The van der Waals surface area contributed by atoms with Gasteiger partial charge in [-0.05, 0) is 366 Å². The van der Waals surface area contributed by atoms with Gasteiger partial charge in [0.2, 0.25) is 0 Å². The van der Waals surface area contributed by atoms with Crippen LogP contribution in [0.15, 0.2) is 121 Å². The van der Waals surface area contributed by atoms with Gasteiger partial charge in [0.15, 0.2) is 69.8 Å². The molecule has 8 aromatic carbocycles. The molecular weight excluding hydrogens is 1630 g/mol. The predicted octanol–water partition coefficient (Wildman–Crippen LogP) is 35.9. The van der Waals surface area contributed by atoms with Gasteiger partial charge < -0.3 is 0 Å². The lowest BCUT2D eigenvalue weighted by Crippen LogP contribution is -2.25.